The van der Waals surface area contributed by atoms with E-state index in [2.05, 4.69) is 151 Å². The molecule has 0 saturated heterocycles. The molecule has 8 nitrogen and oxygen atoms in total. The van der Waals surface area contributed by atoms with Gasteiger partial charge in [-0.3, -0.25) is 9.97 Å². The average Bonchev–Trinajstić information content (AvgIpc) is 3.65. The molecule has 0 aromatic carbocycles. The van der Waals surface area contributed by atoms with Crippen LogP contribution in [0.4, 0.5) is 0 Å². The van der Waals surface area contributed by atoms with E-state index in [1.165, 1.54) is 22.5 Å². The smallest absolute Gasteiger partial charge is 0.180 e. The van der Waals surface area contributed by atoms with Crippen molar-refractivity contribution in [2.45, 2.75) is 174 Å². The molecule has 0 N–H and O–H groups in total. The number of rotatable bonds is 2. The maximum atomic E-state index is 7.45. The van der Waals surface area contributed by atoms with Crippen LogP contribution < -0.4 is 0 Å². The third kappa shape index (κ3) is 31.4. The molecule has 0 spiro atoms. The minimum Gasteiger partial charge on any atom is -0.449 e. The summed E-state index contributed by atoms with van der Waals surface area (Å²) in [6.45, 7) is 44.0. The Kier molecular flexibility index (Phi) is 25.4. The van der Waals surface area contributed by atoms with Gasteiger partial charge in [0.25, 0.3) is 0 Å². The molecule has 9 heteroatoms. The zero-order chi connectivity index (χ0) is 47.5. The van der Waals surface area contributed by atoms with Gasteiger partial charge >= 0.3 is 0 Å². The first-order valence-corrected chi connectivity index (χ1v) is 20.7. The van der Waals surface area contributed by atoms with Crippen LogP contribution in [0.3, 0.4) is 0 Å². The molecule has 0 fully saturated rings. The van der Waals surface area contributed by atoms with Crippen LogP contribution in [0.15, 0.2) is 90.2 Å². The normalized spacial score (nSPS) is 11.7. The molecule has 0 aliphatic heterocycles. The maximum absolute atomic E-state index is 7.45. The lowest BCUT2D eigenvalue weighted by Crippen LogP contribution is -2.12. The van der Waals surface area contributed by atoms with Gasteiger partial charge in [0.2, 0.25) is 0 Å². The number of hydrogen-bond acceptors (Lipinski definition) is 9. The maximum Gasteiger partial charge on any atom is 0.180 e. The lowest BCUT2D eigenvalue weighted by atomic mass is 9.88. The van der Waals surface area contributed by atoms with Crippen molar-refractivity contribution in [2.75, 3.05) is 0 Å². The average molecular weight is 796 g/mol. The molecule has 5 aromatic rings. The van der Waals surface area contributed by atoms with E-state index in [0.29, 0.717) is 12.2 Å². The molecule has 5 rings (SSSR count). The Bertz CT molecular complexity index is 1590. The first kappa shape index (κ1) is 48.3. The van der Waals surface area contributed by atoms with E-state index < -0.39 is 0 Å². The number of pyridine rings is 1. The summed E-state index contributed by atoms with van der Waals surface area (Å²) in [5.74, 6) is 0.507. The fourth-order valence-electron chi connectivity index (χ4n) is 3.81. The van der Waals surface area contributed by atoms with Gasteiger partial charge in [0, 0.05) is 53.4 Å². The Morgan fingerprint density at radius 2 is 1.07 bits per heavy atom. The van der Waals surface area contributed by atoms with E-state index in [1.807, 2.05) is 66.1 Å². The largest absolute Gasteiger partial charge is 0.449 e. The fraction of sp³-hybridized carbons (Fsp3) is 0.596. The lowest BCUT2D eigenvalue weighted by molar-refractivity contribution is 0.362. The van der Waals surface area contributed by atoms with Crippen molar-refractivity contribution in [1.29, 1.82) is 0 Å². The molecule has 0 bridgehead atoms. The molecule has 0 unspecified atom stereocenters. The second-order valence-corrected chi connectivity index (χ2v) is 18.2. The predicted molar refractivity (Wildman–Crippen MR) is 243 cm³/mol. The summed E-state index contributed by atoms with van der Waals surface area (Å²) in [7, 11) is 0. The van der Waals surface area contributed by atoms with Gasteiger partial charge in [0.05, 0.1) is 22.0 Å². The lowest BCUT2D eigenvalue weighted by Gasteiger charge is -2.17. The standard InChI is InChI=1S/C9H13N.2C8H12N2.C8H13NO.C8H13NS.3C2H6/c1-9(2,3)8-4-6-10-7-5-8;1-8(2,3)7-4-5-9-6-10-7;1-8(2,3)7-4-5-9-10-6-7;2*1-8(2,3)4-7-5-9-6-10-7;3*1-2/h4-7H,1-3H3;2*4-6H,1-3H3;2*5-6H,4H2,1-3H3;3*1-2H3/i;;;2*5D,6D;;;. The first-order chi connectivity index (χ1) is 27.6. The highest BCUT2D eigenvalue weighted by Crippen LogP contribution is 2.23. The second-order valence-electron chi connectivity index (χ2n) is 17.4. The summed E-state index contributed by atoms with van der Waals surface area (Å²) >= 11 is 1.31. The quantitative estimate of drug-likeness (QED) is 0.174. The van der Waals surface area contributed by atoms with Crippen molar-refractivity contribution in [3.05, 3.63) is 113 Å². The van der Waals surface area contributed by atoms with Crippen molar-refractivity contribution in [2.24, 2.45) is 10.8 Å². The van der Waals surface area contributed by atoms with Crippen LogP contribution in [0.5, 0.6) is 0 Å². The Balaban J connectivity index is -0.000000656. The summed E-state index contributed by atoms with van der Waals surface area (Å²) in [6.07, 6.45) is 12.2. The second kappa shape index (κ2) is 29.4. The molecule has 5 aromatic heterocycles. The Morgan fingerprint density at radius 1 is 0.554 bits per heavy atom. The van der Waals surface area contributed by atoms with E-state index in [-0.39, 0.29) is 51.3 Å². The molecule has 316 valence electrons. The van der Waals surface area contributed by atoms with Crippen molar-refractivity contribution in [3.63, 3.8) is 0 Å². The first-order valence-electron chi connectivity index (χ1n) is 21.9. The van der Waals surface area contributed by atoms with Crippen LogP contribution in [0.1, 0.15) is 178 Å². The van der Waals surface area contributed by atoms with E-state index in [0.717, 1.165) is 17.0 Å². The van der Waals surface area contributed by atoms with Crippen LogP contribution in [0.2, 0.25) is 0 Å². The third-order valence-electron chi connectivity index (χ3n) is 6.52. The minimum atomic E-state index is -0.167. The highest BCUT2D eigenvalue weighted by molar-refractivity contribution is 7.09. The molecule has 0 amide bonds. The minimum absolute atomic E-state index is 0.0712. The van der Waals surface area contributed by atoms with Gasteiger partial charge in [-0.25, -0.2) is 15.0 Å². The van der Waals surface area contributed by atoms with Crippen LogP contribution in [-0.4, -0.2) is 35.1 Å². The fourth-order valence-corrected chi connectivity index (χ4v) is 4.60. The van der Waals surface area contributed by atoms with E-state index in [1.54, 1.807) is 24.9 Å². The van der Waals surface area contributed by atoms with Gasteiger partial charge in [0.15, 0.2) is 6.37 Å². The van der Waals surface area contributed by atoms with Gasteiger partial charge < -0.3 is 4.42 Å². The molecule has 0 atom stereocenters. The summed E-state index contributed by atoms with van der Waals surface area (Å²) in [5.41, 5.74) is 4.73. The van der Waals surface area contributed by atoms with Crippen LogP contribution >= 0.6 is 11.3 Å². The molecule has 0 aliphatic carbocycles. The molecule has 56 heavy (non-hydrogen) atoms. The Hall–Kier alpha value is -3.85. The number of hydrogen-bond donors (Lipinski definition) is 0. The van der Waals surface area contributed by atoms with Crippen molar-refractivity contribution in [1.82, 2.24) is 35.1 Å². The van der Waals surface area contributed by atoms with E-state index in [9.17, 15) is 0 Å². The summed E-state index contributed by atoms with van der Waals surface area (Å²) in [6, 6.07) is 8.05. The Morgan fingerprint density at radius 3 is 1.38 bits per heavy atom. The van der Waals surface area contributed by atoms with Gasteiger partial charge in [-0.05, 0) is 63.5 Å². The van der Waals surface area contributed by atoms with Crippen LogP contribution in [0.25, 0.3) is 0 Å². The molecule has 5 heterocycles. The van der Waals surface area contributed by atoms with Crippen molar-refractivity contribution in [3.8, 4) is 0 Å². The molecule has 0 radical (unpaired) electrons. The number of oxazole rings is 1. The van der Waals surface area contributed by atoms with Gasteiger partial charge in [0.1, 0.15) is 13.5 Å². The van der Waals surface area contributed by atoms with E-state index in [4.69, 9.17) is 9.90 Å². The predicted octanol–water partition coefficient (Wildman–Crippen LogP) is 14.0. The van der Waals surface area contributed by atoms with Crippen molar-refractivity contribution >= 4 is 11.3 Å². The number of aromatic nitrogens is 7. The van der Waals surface area contributed by atoms with Crippen molar-refractivity contribution < 1.29 is 9.90 Å². The Labute approximate surface area is 353 Å². The topological polar surface area (TPSA) is 103 Å². The van der Waals surface area contributed by atoms with Crippen LogP contribution in [-0.2, 0) is 29.1 Å². The highest BCUT2D eigenvalue weighted by Gasteiger charge is 2.15. The van der Waals surface area contributed by atoms with Gasteiger partial charge in [-0.2, -0.15) is 10.2 Å². The zero-order valence-electron chi connectivity index (χ0n) is 43.1. The zero-order valence-corrected chi connectivity index (χ0v) is 40.0. The molecular formula is C47H81N7OS. The van der Waals surface area contributed by atoms with Gasteiger partial charge in [-0.15, -0.1) is 11.3 Å². The SMILES string of the molecule is CC.CC.CC.CC(C)(C)c1ccncc1.CC(C)(C)c1ccncn1.CC(C)(C)c1ccnnc1.[2H]c1nc([2H])c(CC(C)(C)C)o1.[2H]c1nc([2H])c(CC(C)(C)C)s1. The summed E-state index contributed by atoms with van der Waals surface area (Å²) in [5, 5.41) is 7.51. The van der Waals surface area contributed by atoms with Gasteiger partial charge in [-0.1, -0.05) is 145 Å². The molecule has 0 aliphatic rings. The monoisotopic (exact) mass is 796 g/mol. The molecular weight excluding hydrogens is 711 g/mol. The summed E-state index contributed by atoms with van der Waals surface area (Å²) < 4.78 is 34.1. The third-order valence-corrected chi connectivity index (χ3v) is 7.18. The highest BCUT2D eigenvalue weighted by atomic mass is 32.1. The van der Waals surface area contributed by atoms with Crippen LogP contribution in [0, 0.1) is 10.8 Å². The number of thiazole rings is 1. The summed E-state index contributed by atoms with van der Waals surface area (Å²) in [4.78, 5) is 20.2. The molecule has 0 saturated carbocycles. The van der Waals surface area contributed by atoms with E-state index >= 15 is 0 Å². The number of nitrogens with zero attached hydrogens (tertiary/aromatic N) is 7.